The highest BCUT2D eigenvalue weighted by atomic mass is 16.7. The first-order valence-electron chi connectivity index (χ1n) is 9.80. The van der Waals surface area contributed by atoms with Crippen LogP contribution in [-0.2, 0) is 4.79 Å². The molecule has 6 nitrogen and oxygen atoms in total. The van der Waals surface area contributed by atoms with Gasteiger partial charge in [0, 0.05) is 12.1 Å². The first kappa shape index (κ1) is 18.5. The minimum Gasteiger partial charge on any atom is -0.493 e. The zero-order valence-electron chi connectivity index (χ0n) is 15.8. The van der Waals surface area contributed by atoms with E-state index in [9.17, 15) is 4.79 Å². The summed E-state index contributed by atoms with van der Waals surface area (Å²) in [5, 5.41) is 3.11. The molecule has 28 heavy (non-hydrogen) atoms. The van der Waals surface area contributed by atoms with Crippen molar-refractivity contribution in [3.8, 4) is 23.0 Å². The van der Waals surface area contributed by atoms with Crippen molar-refractivity contribution in [2.75, 3.05) is 13.4 Å². The molecule has 1 aliphatic carbocycles. The number of para-hydroxylation sites is 1. The summed E-state index contributed by atoms with van der Waals surface area (Å²) in [6.07, 6.45) is 4.19. The maximum absolute atomic E-state index is 12.1. The Morgan fingerprint density at radius 2 is 1.75 bits per heavy atom. The molecule has 4 rings (SSSR count). The second kappa shape index (κ2) is 8.87. The van der Waals surface area contributed by atoms with Gasteiger partial charge >= 0.3 is 0 Å². The fourth-order valence-corrected chi connectivity index (χ4v) is 3.55. The van der Waals surface area contributed by atoms with Crippen LogP contribution in [0.1, 0.15) is 32.1 Å². The summed E-state index contributed by atoms with van der Waals surface area (Å²) < 4.78 is 22.4. The lowest BCUT2D eigenvalue weighted by Crippen LogP contribution is -2.40. The van der Waals surface area contributed by atoms with Crippen molar-refractivity contribution >= 4 is 5.91 Å². The number of rotatable bonds is 7. The molecule has 2 aliphatic rings. The topological polar surface area (TPSA) is 66.0 Å². The van der Waals surface area contributed by atoms with Crippen molar-refractivity contribution < 1.29 is 23.7 Å². The second-order valence-electron chi connectivity index (χ2n) is 7.09. The zero-order chi connectivity index (χ0) is 19.2. The van der Waals surface area contributed by atoms with Crippen LogP contribution in [0, 0.1) is 0 Å². The lowest BCUT2D eigenvalue weighted by Gasteiger charge is -2.29. The number of fused-ring (bicyclic) bond motifs is 1. The van der Waals surface area contributed by atoms with Gasteiger partial charge in [-0.1, -0.05) is 18.2 Å². The molecule has 1 saturated carbocycles. The highest BCUT2D eigenvalue weighted by Crippen LogP contribution is 2.36. The Morgan fingerprint density at radius 3 is 2.57 bits per heavy atom. The molecule has 0 unspecified atom stereocenters. The predicted molar refractivity (Wildman–Crippen MR) is 104 cm³/mol. The minimum atomic E-state index is 0.0380. The van der Waals surface area contributed by atoms with Gasteiger partial charge in [0.15, 0.2) is 11.5 Å². The number of hydrogen-bond acceptors (Lipinski definition) is 5. The average molecular weight is 383 g/mol. The van der Waals surface area contributed by atoms with Gasteiger partial charge in [0.2, 0.25) is 12.7 Å². The first-order valence-corrected chi connectivity index (χ1v) is 9.80. The van der Waals surface area contributed by atoms with E-state index in [1.165, 1.54) is 0 Å². The molecule has 2 aromatic rings. The van der Waals surface area contributed by atoms with Crippen LogP contribution < -0.4 is 24.3 Å². The standard InChI is InChI=1S/C22H25NO5/c24-22(12-13-25-17-4-2-1-3-5-17)23-16-6-8-18(9-7-16)28-19-10-11-20-21(14-19)27-15-26-20/h1-5,10-11,14,16,18H,6-9,12-13,15H2,(H,23,24). The van der Waals surface area contributed by atoms with E-state index in [1.54, 1.807) is 0 Å². The van der Waals surface area contributed by atoms with Crippen LogP contribution in [0.5, 0.6) is 23.0 Å². The van der Waals surface area contributed by atoms with E-state index >= 15 is 0 Å². The van der Waals surface area contributed by atoms with Crippen molar-refractivity contribution in [2.45, 2.75) is 44.2 Å². The monoisotopic (exact) mass is 383 g/mol. The number of ether oxygens (including phenoxy) is 4. The fraction of sp³-hybridized carbons (Fsp3) is 0.409. The minimum absolute atomic E-state index is 0.0380. The van der Waals surface area contributed by atoms with Crippen LogP contribution in [-0.4, -0.2) is 31.5 Å². The molecule has 0 bridgehead atoms. The van der Waals surface area contributed by atoms with Crippen molar-refractivity contribution in [1.82, 2.24) is 5.32 Å². The molecule has 2 aromatic carbocycles. The Morgan fingerprint density at radius 1 is 0.964 bits per heavy atom. The molecule has 1 amide bonds. The Kier molecular flexibility index (Phi) is 5.85. The molecule has 148 valence electrons. The maximum Gasteiger partial charge on any atom is 0.231 e. The molecular weight excluding hydrogens is 358 g/mol. The number of carbonyl (C=O) groups is 1. The van der Waals surface area contributed by atoms with Gasteiger partial charge in [-0.3, -0.25) is 4.79 Å². The molecule has 1 heterocycles. The van der Waals surface area contributed by atoms with E-state index in [-0.39, 0.29) is 24.8 Å². The molecule has 6 heteroatoms. The third kappa shape index (κ3) is 4.88. The van der Waals surface area contributed by atoms with Gasteiger partial charge in [-0.2, -0.15) is 0 Å². The van der Waals surface area contributed by atoms with Gasteiger partial charge in [-0.25, -0.2) is 0 Å². The van der Waals surface area contributed by atoms with Crippen LogP contribution >= 0.6 is 0 Å². The van der Waals surface area contributed by atoms with Gasteiger partial charge < -0.3 is 24.3 Å². The van der Waals surface area contributed by atoms with E-state index in [0.717, 1.165) is 48.7 Å². The van der Waals surface area contributed by atoms with Gasteiger partial charge in [0.1, 0.15) is 11.5 Å². The summed E-state index contributed by atoms with van der Waals surface area (Å²) in [5.41, 5.74) is 0. The largest absolute Gasteiger partial charge is 0.493 e. The fourth-order valence-electron chi connectivity index (χ4n) is 3.55. The maximum atomic E-state index is 12.1. The third-order valence-electron chi connectivity index (χ3n) is 5.03. The summed E-state index contributed by atoms with van der Waals surface area (Å²) in [5.74, 6) is 3.12. The molecule has 1 fully saturated rings. The number of benzene rings is 2. The van der Waals surface area contributed by atoms with E-state index in [1.807, 2.05) is 48.5 Å². The van der Waals surface area contributed by atoms with E-state index in [0.29, 0.717) is 13.0 Å². The van der Waals surface area contributed by atoms with Crippen molar-refractivity contribution in [2.24, 2.45) is 0 Å². The van der Waals surface area contributed by atoms with Gasteiger partial charge in [-0.05, 0) is 49.9 Å². The van der Waals surface area contributed by atoms with Crippen LogP contribution in [0.3, 0.4) is 0 Å². The van der Waals surface area contributed by atoms with Crippen molar-refractivity contribution in [3.63, 3.8) is 0 Å². The Balaban J connectivity index is 1.15. The van der Waals surface area contributed by atoms with Crippen LogP contribution in [0.2, 0.25) is 0 Å². The molecule has 0 aromatic heterocycles. The Labute approximate surface area is 164 Å². The summed E-state index contributed by atoms with van der Waals surface area (Å²) in [6, 6.07) is 15.4. The molecular formula is C22H25NO5. The van der Waals surface area contributed by atoms with E-state index < -0.39 is 0 Å². The summed E-state index contributed by atoms with van der Waals surface area (Å²) >= 11 is 0. The first-order chi connectivity index (χ1) is 13.8. The van der Waals surface area contributed by atoms with Crippen LogP contribution in [0.25, 0.3) is 0 Å². The molecule has 1 aliphatic heterocycles. The smallest absolute Gasteiger partial charge is 0.231 e. The van der Waals surface area contributed by atoms with Crippen molar-refractivity contribution in [1.29, 1.82) is 0 Å². The lowest BCUT2D eigenvalue weighted by atomic mass is 9.93. The molecule has 0 radical (unpaired) electrons. The Hall–Kier alpha value is -2.89. The van der Waals surface area contributed by atoms with E-state index in [2.05, 4.69) is 5.32 Å². The average Bonchev–Trinajstić information content (AvgIpc) is 3.18. The Bertz CT molecular complexity index is 787. The number of amides is 1. The quantitative estimate of drug-likeness (QED) is 0.790. The highest BCUT2D eigenvalue weighted by molar-refractivity contribution is 5.76. The molecule has 1 N–H and O–H groups in total. The van der Waals surface area contributed by atoms with Gasteiger partial charge in [-0.15, -0.1) is 0 Å². The van der Waals surface area contributed by atoms with Crippen LogP contribution in [0.15, 0.2) is 48.5 Å². The lowest BCUT2D eigenvalue weighted by molar-refractivity contribution is -0.122. The van der Waals surface area contributed by atoms with Crippen LogP contribution in [0.4, 0.5) is 0 Å². The third-order valence-corrected chi connectivity index (χ3v) is 5.03. The highest BCUT2D eigenvalue weighted by Gasteiger charge is 2.24. The van der Waals surface area contributed by atoms with Gasteiger partial charge in [0.05, 0.1) is 19.1 Å². The SMILES string of the molecule is O=C(CCOc1ccccc1)NC1CCC(Oc2ccc3c(c2)OCO3)CC1. The molecule has 0 atom stereocenters. The summed E-state index contributed by atoms with van der Waals surface area (Å²) in [7, 11) is 0. The molecule has 0 saturated heterocycles. The van der Waals surface area contributed by atoms with Gasteiger partial charge in [0.25, 0.3) is 0 Å². The van der Waals surface area contributed by atoms with E-state index in [4.69, 9.17) is 18.9 Å². The second-order valence-corrected chi connectivity index (χ2v) is 7.09. The zero-order valence-corrected chi connectivity index (χ0v) is 15.8. The summed E-state index contributed by atoms with van der Waals surface area (Å²) in [6.45, 7) is 0.651. The number of hydrogen-bond donors (Lipinski definition) is 1. The normalized spacial score (nSPS) is 20.4. The van der Waals surface area contributed by atoms with Crippen molar-refractivity contribution in [3.05, 3.63) is 48.5 Å². The number of nitrogens with one attached hydrogen (secondary N) is 1. The summed E-state index contributed by atoms with van der Waals surface area (Å²) in [4.78, 5) is 12.1. The predicted octanol–water partition coefficient (Wildman–Crippen LogP) is 3.69. The molecule has 0 spiro atoms. The number of carbonyl (C=O) groups excluding carboxylic acids is 1.